The Morgan fingerprint density at radius 3 is 2.56 bits per heavy atom. The zero-order chi connectivity index (χ0) is 19.4. The molecule has 0 spiro atoms. The number of hydrogen-bond donors (Lipinski definition) is 1. The largest absolute Gasteiger partial charge is 0.371 e. The van der Waals surface area contributed by atoms with Crippen LogP contribution in [0.2, 0.25) is 0 Å². The molecule has 3 rings (SSSR count). The first kappa shape index (κ1) is 19.2. The molecule has 0 aliphatic carbocycles. The van der Waals surface area contributed by atoms with Crippen LogP contribution < -0.4 is 4.90 Å². The van der Waals surface area contributed by atoms with Crippen molar-refractivity contribution in [3.8, 4) is 0 Å². The summed E-state index contributed by atoms with van der Waals surface area (Å²) in [4.78, 5) is 2.51. The van der Waals surface area contributed by atoms with Crippen LogP contribution in [-0.2, 0) is 0 Å². The van der Waals surface area contributed by atoms with Crippen molar-refractivity contribution in [2.24, 2.45) is 5.92 Å². The molecule has 0 unspecified atom stereocenters. The molecule has 0 aromatic heterocycles. The first-order chi connectivity index (χ1) is 13.0. The Hall–Kier alpha value is -2.61. The van der Waals surface area contributed by atoms with Crippen LogP contribution in [0, 0.1) is 18.3 Å². The molecule has 1 fully saturated rings. The van der Waals surface area contributed by atoms with Gasteiger partial charge in [-0.2, -0.15) is 0 Å². The zero-order valence-corrected chi connectivity index (χ0v) is 16.8. The number of nitrogens with zero attached hydrogens (tertiary/aromatic N) is 1. The maximum absolute atomic E-state index is 7.44. The zero-order valence-electron chi connectivity index (χ0n) is 16.8. The van der Waals surface area contributed by atoms with Crippen molar-refractivity contribution in [3.05, 3.63) is 71.3 Å². The van der Waals surface area contributed by atoms with E-state index in [0.717, 1.165) is 30.1 Å². The van der Waals surface area contributed by atoms with E-state index in [9.17, 15) is 0 Å². The predicted molar refractivity (Wildman–Crippen MR) is 120 cm³/mol. The third-order valence-electron chi connectivity index (χ3n) is 5.65. The van der Waals surface area contributed by atoms with Gasteiger partial charge in [0.1, 0.15) is 0 Å². The van der Waals surface area contributed by atoms with Gasteiger partial charge in [0.2, 0.25) is 0 Å². The van der Waals surface area contributed by atoms with Crippen LogP contribution in [0.5, 0.6) is 0 Å². The van der Waals surface area contributed by atoms with E-state index >= 15 is 0 Å². The first-order valence-electron chi connectivity index (χ1n) is 9.82. The third-order valence-corrected chi connectivity index (χ3v) is 5.65. The molecule has 0 radical (unpaired) electrons. The minimum atomic E-state index is 0.739. The fourth-order valence-corrected chi connectivity index (χ4v) is 3.61. The summed E-state index contributed by atoms with van der Waals surface area (Å²) in [5, 5.41) is 7.44. The number of rotatable bonds is 5. The number of benzene rings is 2. The smallest absolute Gasteiger partial charge is 0.0372 e. The van der Waals surface area contributed by atoms with Gasteiger partial charge in [0.15, 0.2) is 0 Å². The molecule has 27 heavy (non-hydrogen) atoms. The van der Waals surface area contributed by atoms with Crippen molar-refractivity contribution in [1.29, 1.82) is 5.41 Å². The average molecular weight is 359 g/mol. The van der Waals surface area contributed by atoms with Crippen molar-refractivity contribution in [2.45, 2.75) is 33.6 Å². The molecule has 0 atom stereocenters. The predicted octanol–water partition coefficient (Wildman–Crippen LogP) is 6.45. The number of allylic oxidation sites excluding steroid dienone is 2. The van der Waals surface area contributed by atoms with Gasteiger partial charge in [-0.05, 0) is 84.2 Å². The first-order valence-corrected chi connectivity index (χ1v) is 9.82. The van der Waals surface area contributed by atoms with Crippen LogP contribution in [0.3, 0.4) is 0 Å². The highest BCUT2D eigenvalue weighted by atomic mass is 15.1. The standard InChI is InChI=1S/C25H30N2/c1-18-10-12-27(13-11-18)25-7-5-6-22(16-25)20(3)14-24-15-23(21(4)17-26)9-8-19(24)2/h5-9,14-18,26H,4,10-13H2,1-3H3/b20-14+,26-17?. The Morgan fingerprint density at radius 2 is 1.85 bits per heavy atom. The highest BCUT2D eigenvalue weighted by molar-refractivity contribution is 6.07. The van der Waals surface area contributed by atoms with Gasteiger partial charge in [-0.15, -0.1) is 0 Å². The molecule has 1 N–H and O–H groups in total. The SMILES string of the molecule is C=C(C=N)c1ccc(C)c(/C=C(\C)c2cccc(N3CCC(C)CC3)c2)c1. The van der Waals surface area contributed by atoms with Crippen LogP contribution in [-0.4, -0.2) is 19.3 Å². The lowest BCUT2D eigenvalue weighted by Crippen LogP contribution is -2.32. The van der Waals surface area contributed by atoms with Crippen molar-refractivity contribution in [1.82, 2.24) is 0 Å². The highest BCUT2D eigenvalue weighted by Crippen LogP contribution is 2.28. The number of hydrogen-bond acceptors (Lipinski definition) is 2. The minimum Gasteiger partial charge on any atom is -0.371 e. The van der Waals surface area contributed by atoms with Crippen molar-refractivity contribution >= 4 is 29.1 Å². The number of aryl methyl sites for hydroxylation is 1. The van der Waals surface area contributed by atoms with E-state index in [1.165, 1.54) is 47.0 Å². The molecule has 2 aromatic carbocycles. The summed E-state index contributed by atoms with van der Waals surface area (Å²) in [6, 6.07) is 15.2. The Kier molecular flexibility index (Phi) is 5.95. The van der Waals surface area contributed by atoms with Crippen LogP contribution in [0.4, 0.5) is 5.69 Å². The van der Waals surface area contributed by atoms with E-state index in [1.807, 2.05) is 6.07 Å². The molecule has 0 saturated carbocycles. The molecule has 140 valence electrons. The summed E-state index contributed by atoms with van der Waals surface area (Å²) in [5.74, 6) is 0.844. The normalized spacial score (nSPS) is 15.7. The molecule has 1 heterocycles. The van der Waals surface area contributed by atoms with Crippen LogP contribution in [0.1, 0.15) is 48.9 Å². The summed E-state index contributed by atoms with van der Waals surface area (Å²) in [7, 11) is 0. The van der Waals surface area contributed by atoms with E-state index in [1.54, 1.807) is 0 Å². The van der Waals surface area contributed by atoms with Gasteiger partial charge in [0.25, 0.3) is 0 Å². The molecule has 1 saturated heterocycles. The van der Waals surface area contributed by atoms with Crippen molar-refractivity contribution in [3.63, 3.8) is 0 Å². The van der Waals surface area contributed by atoms with E-state index in [0.29, 0.717) is 0 Å². The Labute approximate surface area is 163 Å². The Bertz CT molecular complexity index is 868. The number of anilines is 1. The molecular formula is C25H30N2. The summed E-state index contributed by atoms with van der Waals surface area (Å²) in [6.45, 7) is 12.9. The second-order valence-corrected chi connectivity index (χ2v) is 7.79. The molecule has 2 heteroatoms. The fraction of sp³-hybridized carbons (Fsp3) is 0.320. The second kappa shape index (κ2) is 8.39. The summed E-state index contributed by atoms with van der Waals surface area (Å²) < 4.78 is 0. The van der Waals surface area contributed by atoms with E-state index in [4.69, 9.17) is 5.41 Å². The lowest BCUT2D eigenvalue weighted by Gasteiger charge is -2.32. The van der Waals surface area contributed by atoms with E-state index < -0.39 is 0 Å². The van der Waals surface area contributed by atoms with Gasteiger partial charge < -0.3 is 10.3 Å². The molecule has 1 aliphatic heterocycles. The molecule has 2 nitrogen and oxygen atoms in total. The van der Waals surface area contributed by atoms with Gasteiger partial charge in [-0.25, -0.2) is 0 Å². The molecule has 0 amide bonds. The maximum atomic E-state index is 7.44. The quantitative estimate of drug-likeness (QED) is 0.482. The van der Waals surface area contributed by atoms with E-state index in [2.05, 4.69) is 74.7 Å². The van der Waals surface area contributed by atoms with Gasteiger partial charge in [-0.3, -0.25) is 0 Å². The van der Waals surface area contributed by atoms with Crippen LogP contribution in [0.15, 0.2) is 49.0 Å². The monoisotopic (exact) mass is 358 g/mol. The molecule has 2 aromatic rings. The number of nitrogens with one attached hydrogen (secondary N) is 1. The minimum absolute atomic E-state index is 0.739. The molecular weight excluding hydrogens is 328 g/mol. The van der Waals surface area contributed by atoms with Crippen molar-refractivity contribution in [2.75, 3.05) is 18.0 Å². The third kappa shape index (κ3) is 4.57. The van der Waals surface area contributed by atoms with Gasteiger partial charge in [0.05, 0.1) is 0 Å². The van der Waals surface area contributed by atoms with Crippen LogP contribution >= 0.6 is 0 Å². The lowest BCUT2D eigenvalue weighted by atomic mass is 9.96. The topological polar surface area (TPSA) is 27.1 Å². The summed E-state index contributed by atoms with van der Waals surface area (Å²) >= 11 is 0. The Morgan fingerprint density at radius 1 is 1.11 bits per heavy atom. The van der Waals surface area contributed by atoms with Gasteiger partial charge in [0, 0.05) is 25.0 Å². The summed E-state index contributed by atoms with van der Waals surface area (Å²) in [6.07, 6.45) is 6.12. The van der Waals surface area contributed by atoms with Gasteiger partial charge in [-0.1, -0.05) is 43.8 Å². The van der Waals surface area contributed by atoms with Crippen molar-refractivity contribution < 1.29 is 0 Å². The maximum Gasteiger partial charge on any atom is 0.0372 e. The average Bonchev–Trinajstić information content (AvgIpc) is 2.69. The fourth-order valence-electron chi connectivity index (χ4n) is 3.61. The highest BCUT2D eigenvalue weighted by Gasteiger charge is 2.16. The van der Waals surface area contributed by atoms with E-state index in [-0.39, 0.29) is 0 Å². The molecule has 0 bridgehead atoms. The number of piperidine rings is 1. The Balaban J connectivity index is 1.87. The van der Waals surface area contributed by atoms with Crippen LogP contribution in [0.25, 0.3) is 17.2 Å². The lowest BCUT2D eigenvalue weighted by molar-refractivity contribution is 0.438. The molecule has 1 aliphatic rings. The summed E-state index contributed by atoms with van der Waals surface area (Å²) in [5.41, 5.74) is 8.01. The second-order valence-electron chi connectivity index (χ2n) is 7.79. The van der Waals surface area contributed by atoms with Gasteiger partial charge >= 0.3 is 0 Å².